The quantitative estimate of drug-likeness (QED) is 0.422. The highest BCUT2D eigenvalue weighted by Crippen LogP contribution is 1.86. The zero-order chi connectivity index (χ0) is 9.64. The maximum Gasteiger partial charge on any atom is 0.127 e. The van der Waals surface area contributed by atoms with Crippen molar-refractivity contribution in [1.82, 2.24) is 0 Å². The molecule has 0 saturated carbocycles. The predicted octanol–water partition coefficient (Wildman–Crippen LogP) is -3.48. The number of nitrogens with two attached hydrogens (primary N) is 1. The molecule has 14 heavy (non-hydrogen) atoms. The molecule has 2 aliphatic rings. The lowest BCUT2D eigenvalue weighted by molar-refractivity contribution is -0.953. The van der Waals surface area contributed by atoms with Crippen molar-refractivity contribution >= 4 is 0 Å². The van der Waals surface area contributed by atoms with E-state index in [0.717, 1.165) is 0 Å². The average Bonchev–Trinajstić information content (AvgIpc) is 2.58. The Hall–Kier alpha value is -0.120. The fourth-order valence-electron chi connectivity index (χ4n) is 2.80. The minimum atomic E-state index is 1.35. The third kappa shape index (κ3) is 3.23. The lowest BCUT2D eigenvalue weighted by Crippen LogP contribution is -3.20. The van der Waals surface area contributed by atoms with Crippen LogP contribution in [-0.2, 0) is 0 Å². The van der Waals surface area contributed by atoms with Gasteiger partial charge >= 0.3 is 0 Å². The fourth-order valence-corrected chi connectivity index (χ4v) is 2.80. The van der Waals surface area contributed by atoms with Crippen molar-refractivity contribution in [3.05, 3.63) is 0 Å². The molecular weight excluding hydrogens is 174 g/mol. The Morgan fingerprint density at radius 1 is 0.714 bits per heavy atom. The molecule has 4 N–H and O–H groups in total. The van der Waals surface area contributed by atoms with Gasteiger partial charge in [0.25, 0.3) is 0 Å². The molecule has 3 nitrogen and oxygen atoms in total. The fraction of sp³-hybridized carbons (Fsp3) is 1.00. The van der Waals surface area contributed by atoms with Gasteiger partial charge in [-0.2, -0.15) is 0 Å². The topological polar surface area (TPSA) is 25.5 Å². The van der Waals surface area contributed by atoms with Gasteiger partial charge in [-0.1, -0.05) is 0 Å². The molecule has 2 rings (SSSR count). The van der Waals surface area contributed by atoms with E-state index in [-0.39, 0.29) is 0 Å². The Bertz CT molecular complexity index is 147. The molecule has 2 fully saturated rings. The van der Waals surface area contributed by atoms with Gasteiger partial charge in [0.1, 0.15) is 26.2 Å². The minimum absolute atomic E-state index is 1.35. The molecule has 82 valence electrons. The first-order chi connectivity index (χ1) is 6.95. The van der Waals surface area contributed by atoms with Gasteiger partial charge in [-0.15, -0.1) is 0 Å². The second kappa shape index (κ2) is 5.69. The molecule has 3 heteroatoms. The van der Waals surface area contributed by atoms with Gasteiger partial charge in [-0.25, -0.2) is 0 Å². The van der Waals surface area contributed by atoms with Crippen LogP contribution < -0.4 is 15.1 Å². The van der Waals surface area contributed by atoms with Crippen molar-refractivity contribution in [2.24, 2.45) is 0 Å². The highest BCUT2D eigenvalue weighted by atomic mass is 15.2. The Morgan fingerprint density at radius 2 is 1.36 bits per heavy atom. The van der Waals surface area contributed by atoms with E-state index < -0.39 is 0 Å². The monoisotopic (exact) mass is 200 g/mol. The molecule has 2 saturated heterocycles. The SMILES string of the molecule is C1CC[NH+](CC[NH+]2CCC[NH2+]CC2)C1. The summed E-state index contributed by atoms with van der Waals surface area (Å²) in [6.45, 7) is 11.3. The van der Waals surface area contributed by atoms with Gasteiger partial charge < -0.3 is 15.1 Å². The van der Waals surface area contributed by atoms with Crippen LogP contribution in [0.4, 0.5) is 0 Å². The second-order valence-corrected chi connectivity index (χ2v) is 4.93. The first-order valence-electron chi connectivity index (χ1n) is 6.44. The van der Waals surface area contributed by atoms with Crippen molar-refractivity contribution in [2.75, 3.05) is 52.4 Å². The van der Waals surface area contributed by atoms with Crippen LogP contribution in [0, 0.1) is 0 Å². The van der Waals surface area contributed by atoms with Crippen molar-refractivity contribution in [3.8, 4) is 0 Å². The average molecular weight is 200 g/mol. The standard InChI is InChI=1S/C11H23N3/c1-2-7-13(6-1)10-11-14-8-3-4-12-5-9-14/h12H,1-11H2/p+3. The van der Waals surface area contributed by atoms with E-state index in [1.54, 1.807) is 0 Å². The van der Waals surface area contributed by atoms with Gasteiger partial charge in [0.05, 0.1) is 26.2 Å². The summed E-state index contributed by atoms with van der Waals surface area (Å²) in [6, 6.07) is 0. The predicted molar refractivity (Wildman–Crippen MR) is 56.6 cm³/mol. The van der Waals surface area contributed by atoms with Crippen molar-refractivity contribution < 1.29 is 15.1 Å². The summed E-state index contributed by atoms with van der Waals surface area (Å²) in [5.74, 6) is 0. The number of hydrogen-bond acceptors (Lipinski definition) is 0. The molecule has 0 aliphatic carbocycles. The third-order valence-corrected chi connectivity index (χ3v) is 3.78. The third-order valence-electron chi connectivity index (χ3n) is 3.78. The summed E-state index contributed by atoms with van der Waals surface area (Å²) < 4.78 is 0. The van der Waals surface area contributed by atoms with Crippen LogP contribution >= 0.6 is 0 Å². The number of quaternary nitrogens is 3. The van der Waals surface area contributed by atoms with Crippen molar-refractivity contribution in [2.45, 2.75) is 19.3 Å². The Balaban J connectivity index is 1.62. The molecule has 0 aromatic carbocycles. The summed E-state index contributed by atoms with van der Waals surface area (Å²) in [5.41, 5.74) is 0. The van der Waals surface area contributed by atoms with Crippen LogP contribution in [0.5, 0.6) is 0 Å². The molecular formula is C11H26N3+3. The molecule has 0 bridgehead atoms. The van der Waals surface area contributed by atoms with E-state index in [9.17, 15) is 0 Å². The summed E-state index contributed by atoms with van der Waals surface area (Å²) in [5, 5.41) is 2.48. The van der Waals surface area contributed by atoms with Crippen LogP contribution in [0.25, 0.3) is 0 Å². The van der Waals surface area contributed by atoms with Crippen molar-refractivity contribution in [1.29, 1.82) is 0 Å². The maximum atomic E-state index is 2.48. The molecule has 1 atom stereocenters. The van der Waals surface area contributed by atoms with Crippen LogP contribution in [-0.4, -0.2) is 52.4 Å². The van der Waals surface area contributed by atoms with Gasteiger partial charge in [0.2, 0.25) is 0 Å². The molecule has 2 heterocycles. The number of hydrogen-bond donors (Lipinski definition) is 3. The summed E-state index contributed by atoms with van der Waals surface area (Å²) >= 11 is 0. The van der Waals surface area contributed by atoms with E-state index in [4.69, 9.17) is 0 Å². The molecule has 0 aromatic heterocycles. The van der Waals surface area contributed by atoms with Gasteiger partial charge in [-0.05, 0) is 0 Å². The second-order valence-electron chi connectivity index (χ2n) is 4.93. The lowest BCUT2D eigenvalue weighted by Gasteiger charge is -2.18. The molecule has 2 aliphatic heterocycles. The number of likely N-dealkylation sites (tertiary alicyclic amines) is 1. The molecule has 0 spiro atoms. The summed E-state index contributed by atoms with van der Waals surface area (Å²) in [4.78, 5) is 3.73. The number of rotatable bonds is 3. The highest BCUT2D eigenvalue weighted by molar-refractivity contribution is 4.45. The Kier molecular flexibility index (Phi) is 4.22. The van der Waals surface area contributed by atoms with E-state index in [0.29, 0.717) is 0 Å². The summed E-state index contributed by atoms with van der Waals surface area (Å²) in [6.07, 6.45) is 4.36. The lowest BCUT2D eigenvalue weighted by atomic mass is 10.4. The van der Waals surface area contributed by atoms with E-state index >= 15 is 0 Å². The van der Waals surface area contributed by atoms with Crippen LogP contribution in [0.1, 0.15) is 19.3 Å². The van der Waals surface area contributed by atoms with Crippen LogP contribution in [0.2, 0.25) is 0 Å². The van der Waals surface area contributed by atoms with Crippen LogP contribution in [0.15, 0.2) is 0 Å². The van der Waals surface area contributed by atoms with Gasteiger partial charge in [0, 0.05) is 19.3 Å². The van der Waals surface area contributed by atoms with E-state index in [1.807, 2.05) is 9.80 Å². The van der Waals surface area contributed by atoms with Crippen LogP contribution in [0.3, 0.4) is 0 Å². The zero-order valence-corrected chi connectivity index (χ0v) is 9.36. The molecule has 0 radical (unpaired) electrons. The highest BCUT2D eigenvalue weighted by Gasteiger charge is 2.19. The largest absolute Gasteiger partial charge is 0.341 e. The molecule has 1 unspecified atom stereocenters. The number of nitrogens with one attached hydrogen (secondary N) is 2. The van der Waals surface area contributed by atoms with Gasteiger partial charge in [-0.3, -0.25) is 0 Å². The molecule has 0 aromatic rings. The first-order valence-corrected chi connectivity index (χ1v) is 6.44. The first kappa shape index (κ1) is 10.4. The maximum absolute atomic E-state index is 2.48. The molecule has 0 amide bonds. The van der Waals surface area contributed by atoms with E-state index in [2.05, 4.69) is 5.32 Å². The Labute approximate surface area is 87.4 Å². The zero-order valence-electron chi connectivity index (χ0n) is 9.36. The minimum Gasteiger partial charge on any atom is -0.341 e. The van der Waals surface area contributed by atoms with Crippen molar-refractivity contribution in [3.63, 3.8) is 0 Å². The smallest absolute Gasteiger partial charge is 0.127 e. The Morgan fingerprint density at radius 3 is 2.14 bits per heavy atom. The van der Waals surface area contributed by atoms with E-state index in [1.165, 1.54) is 71.6 Å². The summed E-state index contributed by atoms with van der Waals surface area (Å²) in [7, 11) is 0. The van der Waals surface area contributed by atoms with Gasteiger partial charge in [0.15, 0.2) is 0 Å². The normalized spacial score (nSPS) is 30.4.